The molecule has 1 atom stereocenters. The van der Waals surface area contributed by atoms with Crippen LogP contribution >= 0.6 is 11.6 Å². The highest BCUT2D eigenvalue weighted by molar-refractivity contribution is 6.29. The fourth-order valence-corrected chi connectivity index (χ4v) is 1.96. The van der Waals surface area contributed by atoms with Crippen molar-refractivity contribution < 1.29 is 9.32 Å². The molecule has 0 fully saturated rings. The van der Waals surface area contributed by atoms with Gasteiger partial charge in [0.2, 0.25) is 11.1 Å². The third kappa shape index (κ3) is 3.94. The molecule has 108 valence electrons. The number of aryl methyl sites for hydroxylation is 1. The van der Waals surface area contributed by atoms with Gasteiger partial charge >= 0.3 is 0 Å². The molecule has 0 aliphatic rings. The van der Waals surface area contributed by atoms with Crippen molar-refractivity contribution in [1.29, 1.82) is 0 Å². The number of rotatable bonds is 6. The summed E-state index contributed by atoms with van der Waals surface area (Å²) >= 11 is 5.86. The van der Waals surface area contributed by atoms with Crippen LogP contribution < -0.4 is 11.1 Å². The zero-order chi connectivity index (χ0) is 14.6. The summed E-state index contributed by atoms with van der Waals surface area (Å²) in [4.78, 5) is 12.0. The zero-order valence-electron chi connectivity index (χ0n) is 11.9. The lowest BCUT2D eigenvalue weighted by atomic mass is 9.88. The molecule has 0 aliphatic carbocycles. The van der Waals surface area contributed by atoms with Crippen molar-refractivity contribution in [3.05, 3.63) is 16.5 Å². The van der Waals surface area contributed by atoms with Crippen LogP contribution in [0.3, 0.4) is 0 Å². The Labute approximate surface area is 118 Å². The van der Waals surface area contributed by atoms with E-state index in [0.29, 0.717) is 19.4 Å². The fraction of sp³-hybridized carbons (Fsp3) is 0.692. The fourth-order valence-electron chi connectivity index (χ4n) is 1.69. The number of hydrogen-bond acceptors (Lipinski definition) is 4. The molecule has 1 heterocycles. The van der Waals surface area contributed by atoms with Crippen LogP contribution in [0.1, 0.15) is 38.4 Å². The molecule has 0 saturated carbocycles. The molecule has 1 aromatic rings. The number of hydrogen-bond donors (Lipinski definition) is 2. The van der Waals surface area contributed by atoms with Gasteiger partial charge in [-0.1, -0.05) is 19.0 Å². The molecule has 1 amide bonds. The van der Waals surface area contributed by atoms with E-state index in [1.807, 2.05) is 20.8 Å². The Morgan fingerprint density at radius 3 is 2.63 bits per heavy atom. The Morgan fingerprint density at radius 2 is 2.21 bits per heavy atom. The first-order valence-electron chi connectivity index (χ1n) is 6.42. The van der Waals surface area contributed by atoms with Crippen molar-refractivity contribution >= 4 is 17.5 Å². The van der Waals surface area contributed by atoms with Crippen LogP contribution in [0.5, 0.6) is 0 Å². The van der Waals surface area contributed by atoms with Gasteiger partial charge in [0.05, 0.1) is 11.2 Å². The SMILES string of the molecule is Cc1noc(Cl)c1CCC(=O)NC(C)(CN)C(C)C. The molecule has 19 heavy (non-hydrogen) atoms. The quantitative estimate of drug-likeness (QED) is 0.839. The van der Waals surface area contributed by atoms with Gasteiger partial charge in [0, 0.05) is 18.5 Å². The van der Waals surface area contributed by atoms with E-state index in [2.05, 4.69) is 10.5 Å². The van der Waals surface area contributed by atoms with Gasteiger partial charge < -0.3 is 15.6 Å². The van der Waals surface area contributed by atoms with Gasteiger partial charge in [-0.3, -0.25) is 4.79 Å². The molecule has 0 spiro atoms. The average molecular weight is 288 g/mol. The van der Waals surface area contributed by atoms with E-state index in [-0.39, 0.29) is 22.6 Å². The molecule has 0 bridgehead atoms. The summed E-state index contributed by atoms with van der Waals surface area (Å²) in [6.45, 7) is 8.24. The lowest BCUT2D eigenvalue weighted by molar-refractivity contribution is -0.123. The number of halogens is 1. The van der Waals surface area contributed by atoms with E-state index < -0.39 is 0 Å². The molecular formula is C13H22ClN3O2. The number of carbonyl (C=O) groups excluding carboxylic acids is 1. The highest BCUT2D eigenvalue weighted by Crippen LogP contribution is 2.21. The molecule has 1 unspecified atom stereocenters. The molecule has 1 aromatic heterocycles. The minimum absolute atomic E-state index is 0.0432. The number of aromatic nitrogens is 1. The summed E-state index contributed by atoms with van der Waals surface area (Å²) in [5.74, 6) is 0.223. The van der Waals surface area contributed by atoms with Crippen LogP contribution in [0.15, 0.2) is 4.52 Å². The van der Waals surface area contributed by atoms with Crippen LogP contribution in [-0.2, 0) is 11.2 Å². The first-order chi connectivity index (χ1) is 8.80. The highest BCUT2D eigenvalue weighted by Gasteiger charge is 2.28. The average Bonchev–Trinajstić information content (AvgIpc) is 2.66. The van der Waals surface area contributed by atoms with Crippen molar-refractivity contribution in [3.63, 3.8) is 0 Å². The standard InChI is InChI=1S/C13H22ClN3O2/c1-8(2)13(4,7-15)16-11(18)6-5-10-9(3)17-19-12(10)14/h8H,5-7,15H2,1-4H3,(H,16,18). The van der Waals surface area contributed by atoms with Gasteiger partial charge in [-0.25, -0.2) is 0 Å². The lowest BCUT2D eigenvalue weighted by Gasteiger charge is -2.33. The first kappa shape index (κ1) is 16.0. The topological polar surface area (TPSA) is 81.2 Å². The number of nitrogens with two attached hydrogens (primary N) is 1. The van der Waals surface area contributed by atoms with Gasteiger partial charge in [0.25, 0.3) is 0 Å². The maximum Gasteiger partial charge on any atom is 0.229 e. The summed E-state index contributed by atoms with van der Waals surface area (Å²) < 4.78 is 4.85. The first-order valence-corrected chi connectivity index (χ1v) is 6.79. The van der Waals surface area contributed by atoms with Gasteiger partial charge in [0.15, 0.2) is 0 Å². The zero-order valence-corrected chi connectivity index (χ0v) is 12.7. The normalized spacial score (nSPS) is 14.5. The second kappa shape index (κ2) is 6.39. The maximum absolute atomic E-state index is 12.0. The van der Waals surface area contributed by atoms with Crippen molar-refractivity contribution in [2.45, 2.75) is 46.1 Å². The van der Waals surface area contributed by atoms with Crippen LogP contribution in [-0.4, -0.2) is 23.1 Å². The Balaban J connectivity index is 2.57. The number of carbonyl (C=O) groups is 1. The summed E-state index contributed by atoms with van der Waals surface area (Å²) in [5.41, 5.74) is 6.86. The van der Waals surface area contributed by atoms with E-state index in [9.17, 15) is 4.79 Å². The monoisotopic (exact) mass is 287 g/mol. The summed E-state index contributed by atoms with van der Waals surface area (Å²) in [6.07, 6.45) is 0.850. The lowest BCUT2D eigenvalue weighted by Crippen LogP contribution is -2.55. The Hall–Kier alpha value is -1.07. The minimum Gasteiger partial charge on any atom is -0.349 e. The smallest absolute Gasteiger partial charge is 0.229 e. The summed E-state index contributed by atoms with van der Waals surface area (Å²) in [7, 11) is 0. The maximum atomic E-state index is 12.0. The third-order valence-corrected chi connectivity index (χ3v) is 3.96. The highest BCUT2D eigenvalue weighted by atomic mass is 35.5. The third-order valence-electron chi connectivity index (χ3n) is 3.66. The van der Waals surface area contributed by atoms with Gasteiger partial charge in [0.1, 0.15) is 0 Å². The van der Waals surface area contributed by atoms with Gasteiger partial charge in [-0.2, -0.15) is 0 Å². The van der Waals surface area contributed by atoms with Crippen molar-refractivity contribution in [2.24, 2.45) is 11.7 Å². The molecule has 0 saturated heterocycles. The molecule has 0 aromatic carbocycles. The van der Waals surface area contributed by atoms with Gasteiger partial charge in [-0.15, -0.1) is 0 Å². The molecule has 5 nitrogen and oxygen atoms in total. The summed E-state index contributed by atoms with van der Waals surface area (Å²) in [5, 5.41) is 7.00. The van der Waals surface area contributed by atoms with E-state index in [1.165, 1.54) is 0 Å². The van der Waals surface area contributed by atoms with Crippen molar-refractivity contribution in [1.82, 2.24) is 10.5 Å². The molecule has 6 heteroatoms. The Morgan fingerprint density at radius 1 is 1.58 bits per heavy atom. The van der Waals surface area contributed by atoms with Crippen LogP contribution in [0.25, 0.3) is 0 Å². The van der Waals surface area contributed by atoms with E-state index >= 15 is 0 Å². The number of nitrogens with one attached hydrogen (secondary N) is 1. The summed E-state index contributed by atoms with van der Waals surface area (Å²) in [6, 6.07) is 0. The van der Waals surface area contributed by atoms with Crippen LogP contribution in [0, 0.1) is 12.8 Å². The molecular weight excluding hydrogens is 266 g/mol. The second-order valence-corrected chi connectivity index (χ2v) is 5.69. The minimum atomic E-state index is -0.384. The molecule has 3 N–H and O–H groups in total. The predicted molar refractivity (Wildman–Crippen MR) is 75.0 cm³/mol. The Kier molecular flexibility index (Phi) is 5.38. The second-order valence-electron chi connectivity index (χ2n) is 5.34. The molecule has 0 aliphatic heterocycles. The van der Waals surface area contributed by atoms with Crippen LogP contribution in [0.2, 0.25) is 5.22 Å². The van der Waals surface area contributed by atoms with Crippen LogP contribution in [0.4, 0.5) is 0 Å². The Bertz CT molecular complexity index is 426. The van der Waals surface area contributed by atoms with Crippen molar-refractivity contribution in [2.75, 3.05) is 6.54 Å². The van der Waals surface area contributed by atoms with E-state index in [0.717, 1.165) is 11.3 Å². The largest absolute Gasteiger partial charge is 0.349 e. The van der Waals surface area contributed by atoms with E-state index in [1.54, 1.807) is 6.92 Å². The molecule has 0 radical (unpaired) electrons. The van der Waals surface area contributed by atoms with Crippen molar-refractivity contribution in [3.8, 4) is 0 Å². The van der Waals surface area contributed by atoms with E-state index in [4.69, 9.17) is 21.9 Å². The number of amides is 1. The number of nitrogens with zero attached hydrogens (tertiary/aromatic N) is 1. The molecule has 1 rings (SSSR count). The van der Waals surface area contributed by atoms with Gasteiger partial charge in [-0.05, 0) is 37.8 Å². The predicted octanol–water partition coefficient (Wildman–Crippen LogP) is 2.06.